The minimum absolute atomic E-state index is 0.152. The molecule has 0 aromatic heterocycles. The van der Waals surface area contributed by atoms with Crippen LogP contribution >= 0.6 is 0 Å². The number of ether oxygens (including phenoxy) is 1. The summed E-state index contributed by atoms with van der Waals surface area (Å²) >= 11 is 0. The van der Waals surface area contributed by atoms with Crippen molar-refractivity contribution in [1.82, 2.24) is 16.1 Å². The Morgan fingerprint density at radius 2 is 1.59 bits per heavy atom. The van der Waals surface area contributed by atoms with Gasteiger partial charge in [0.2, 0.25) is 5.91 Å². The fraction of sp³-hybridized carbons (Fsp3) is 0.571. The Labute approximate surface area is 172 Å². The van der Waals surface area contributed by atoms with Gasteiger partial charge in [0.25, 0.3) is 5.91 Å². The number of hydrogen-bond donors (Lipinski definition) is 3. The van der Waals surface area contributed by atoms with Crippen molar-refractivity contribution < 1.29 is 24.0 Å². The van der Waals surface area contributed by atoms with E-state index in [2.05, 4.69) is 16.1 Å². The maximum atomic E-state index is 12.6. The van der Waals surface area contributed by atoms with Crippen LogP contribution in [0.25, 0.3) is 0 Å². The number of carbonyl (C=O) groups excluding carboxylic acids is 3. The Balaban J connectivity index is 2.55. The molecule has 8 heteroatoms. The van der Waals surface area contributed by atoms with E-state index in [1.807, 2.05) is 44.2 Å². The topological polar surface area (TPSA) is 106 Å². The second-order valence-electron chi connectivity index (χ2n) is 8.30. The zero-order chi connectivity index (χ0) is 22.0. The number of rotatable bonds is 9. The molecule has 0 heterocycles. The summed E-state index contributed by atoms with van der Waals surface area (Å²) in [7, 11) is 0. The second-order valence-corrected chi connectivity index (χ2v) is 8.30. The molecule has 0 spiro atoms. The van der Waals surface area contributed by atoms with Gasteiger partial charge in [0.15, 0.2) is 0 Å². The normalized spacial score (nSPS) is 13.3. The summed E-state index contributed by atoms with van der Waals surface area (Å²) in [6.45, 7) is 10.8. The van der Waals surface area contributed by atoms with Gasteiger partial charge in [-0.25, -0.2) is 10.3 Å². The lowest BCUT2D eigenvalue weighted by molar-refractivity contribution is -0.139. The number of nitrogens with one attached hydrogen (secondary N) is 3. The molecule has 0 radical (unpaired) electrons. The lowest BCUT2D eigenvalue weighted by Gasteiger charge is -2.25. The lowest BCUT2D eigenvalue weighted by Crippen LogP contribution is -2.53. The van der Waals surface area contributed by atoms with Crippen LogP contribution in [0.4, 0.5) is 4.79 Å². The van der Waals surface area contributed by atoms with Gasteiger partial charge in [-0.1, -0.05) is 44.2 Å². The van der Waals surface area contributed by atoms with E-state index in [1.54, 1.807) is 27.7 Å². The van der Waals surface area contributed by atoms with E-state index in [0.29, 0.717) is 6.42 Å². The van der Waals surface area contributed by atoms with Gasteiger partial charge >= 0.3 is 6.09 Å². The molecule has 162 valence electrons. The van der Waals surface area contributed by atoms with Gasteiger partial charge in [0.05, 0.1) is 6.61 Å². The van der Waals surface area contributed by atoms with Crippen LogP contribution in [0.15, 0.2) is 30.3 Å². The summed E-state index contributed by atoms with van der Waals surface area (Å²) in [4.78, 5) is 42.0. The van der Waals surface area contributed by atoms with E-state index in [4.69, 9.17) is 9.57 Å². The van der Waals surface area contributed by atoms with E-state index in [9.17, 15) is 14.4 Å². The zero-order valence-corrected chi connectivity index (χ0v) is 18.1. The van der Waals surface area contributed by atoms with Crippen molar-refractivity contribution in [3.8, 4) is 0 Å². The monoisotopic (exact) mass is 407 g/mol. The highest BCUT2D eigenvalue weighted by Gasteiger charge is 2.27. The molecule has 2 atom stereocenters. The standard InChI is InChI=1S/C21H33N3O5/c1-14(2)12-17(23-20(27)29-21(4,5)6)19(26)22-15(3)18(25)24-28-13-16-10-8-7-9-11-16/h7-11,14-15,17H,12-13H2,1-6H3,(H,22,26)(H,23,27)(H,24,25)/t15-,17-/m0/s1. The Morgan fingerprint density at radius 3 is 2.14 bits per heavy atom. The van der Waals surface area contributed by atoms with E-state index < -0.39 is 35.6 Å². The Kier molecular flexibility index (Phi) is 9.61. The number of carbonyl (C=O) groups is 3. The van der Waals surface area contributed by atoms with Gasteiger partial charge in [-0.3, -0.25) is 14.4 Å². The molecule has 0 aliphatic carbocycles. The third-order valence-electron chi connectivity index (χ3n) is 3.72. The zero-order valence-electron chi connectivity index (χ0n) is 18.1. The molecule has 0 saturated carbocycles. The van der Waals surface area contributed by atoms with Crippen molar-refractivity contribution in [3.63, 3.8) is 0 Å². The first-order valence-corrected chi connectivity index (χ1v) is 9.73. The van der Waals surface area contributed by atoms with Crippen molar-refractivity contribution in [2.24, 2.45) is 5.92 Å². The average Bonchev–Trinajstić information content (AvgIpc) is 2.59. The van der Waals surface area contributed by atoms with Crippen LogP contribution in [-0.2, 0) is 25.8 Å². The van der Waals surface area contributed by atoms with Crippen molar-refractivity contribution in [3.05, 3.63) is 35.9 Å². The third-order valence-corrected chi connectivity index (χ3v) is 3.72. The van der Waals surface area contributed by atoms with E-state index in [1.165, 1.54) is 0 Å². The minimum Gasteiger partial charge on any atom is -0.444 e. The van der Waals surface area contributed by atoms with Crippen LogP contribution < -0.4 is 16.1 Å². The highest BCUT2D eigenvalue weighted by atomic mass is 16.6. The fourth-order valence-corrected chi connectivity index (χ4v) is 2.39. The van der Waals surface area contributed by atoms with Crippen molar-refractivity contribution in [2.75, 3.05) is 0 Å². The second kappa shape index (κ2) is 11.4. The highest BCUT2D eigenvalue weighted by molar-refractivity contribution is 5.90. The quantitative estimate of drug-likeness (QED) is 0.546. The van der Waals surface area contributed by atoms with Crippen LogP contribution in [0.3, 0.4) is 0 Å². The number of hydrogen-bond acceptors (Lipinski definition) is 5. The van der Waals surface area contributed by atoms with Crippen LogP contribution in [0, 0.1) is 5.92 Å². The first-order valence-electron chi connectivity index (χ1n) is 9.73. The van der Waals surface area contributed by atoms with E-state index in [-0.39, 0.29) is 12.5 Å². The number of hydroxylamine groups is 1. The minimum atomic E-state index is -0.839. The van der Waals surface area contributed by atoms with Gasteiger partial charge in [0.1, 0.15) is 17.7 Å². The van der Waals surface area contributed by atoms with Gasteiger partial charge < -0.3 is 15.4 Å². The summed E-state index contributed by atoms with van der Waals surface area (Å²) in [6, 6.07) is 7.72. The summed E-state index contributed by atoms with van der Waals surface area (Å²) < 4.78 is 5.22. The van der Waals surface area contributed by atoms with Crippen molar-refractivity contribution in [1.29, 1.82) is 0 Å². The summed E-state index contributed by atoms with van der Waals surface area (Å²) in [5.74, 6) is -0.802. The van der Waals surface area contributed by atoms with Crippen LogP contribution in [-0.4, -0.2) is 35.6 Å². The molecule has 0 fully saturated rings. The van der Waals surface area contributed by atoms with E-state index >= 15 is 0 Å². The largest absolute Gasteiger partial charge is 0.444 e. The van der Waals surface area contributed by atoms with Crippen molar-refractivity contribution in [2.45, 2.75) is 72.3 Å². The first kappa shape index (κ1) is 24.4. The summed E-state index contributed by atoms with van der Waals surface area (Å²) in [5.41, 5.74) is 2.55. The van der Waals surface area contributed by atoms with E-state index in [0.717, 1.165) is 5.56 Å². The molecule has 0 bridgehead atoms. The number of alkyl carbamates (subject to hydrolysis) is 1. The maximum absolute atomic E-state index is 12.6. The predicted molar refractivity (Wildman–Crippen MR) is 110 cm³/mol. The molecule has 0 aliphatic rings. The number of benzene rings is 1. The Bertz CT molecular complexity index is 671. The lowest BCUT2D eigenvalue weighted by atomic mass is 10.0. The average molecular weight is 408 g/mol. The Hall–Kier alpha value is -2.61. The van der Waals surface area contributed by atoms with Crippen LogP contribution in [0.5, 0.6) is 0 Å². The highest BCUT2D eigenvalue weighted by Crippen LogP contribution is 2.10. The molecule has 0 aliphatic heterocycles. The molecule has 1 aromatic carbocycles. The Morgan fingerprint density at radius 1 is 0.966 bits per heavy atom. The third kappa shape index (κ3) is 10.5. The van der Waals surface area contributed by atoms with Gasteiger partial charge in [-0.2, -0.15) is 0 Å². The molecule has 3 N–H and O–H groups in total. The first-order chi connectivity index (χ1) is 13.5. The number of amides is 3. The van der Waals surface area contributed by atoms with Crippen LogP contribution in [0.2, 0.25) is 0 Å². The smallest absolute Gasteiger partial charge is 0.408 e. The van der Waals surface area contributed by atoms with Crippen LogP contribution in [0.1, 0.15) is 53.5 Å². The van der Waals surface area contributed by atoms with Crippen molar-refractivity contribution >= 4 is 17.9 Å². The molecule has 0 unspecified atom stereocenters. The van der Waals surface area contributed by atoms with Gasteiger partial charge in [-0.15, -0.1) is 0 Å². The molecule has 1 rings (SSSR count). The summed E-state index contributed by atoms with van der Waals surface area (Å²) in [5, 5.41) is 5.18. The van der Waals surface area contributed by atoms with Gasteiger partial charge in [0, 0.05) is 0 Å². The molecule has 0 saturated heterocycles. The molecule has 29 heavy (non-hydrogen) atoms. The fourth-order valence-electron chi connectivity index (χ4n) is 2.39. The molecule has 3 amide bonds. The molecular weight excluding hydrogens is 374 g/mol. The molecular formula is C21H33N3O5. The summed E-state index contributed by atoms with van der Waals surface area (Å²) in [6.07, 6.45) is -0.272. The SMILES string of the molecule is CC(C)C[C@H](NC(=O)OC(C)(C)C)C(=O)N[C@@H](C)C(=O)NOCc1ccccc1. The van der Waals surface area contributed by atoms with Gasteiger partial charge in [-0.05, 0) is 45.6 Å². The maximum Gasteiger partial charge on any atom is 0.408 e. The molecule has 8 nitrogen and oxygen atoms in total. The predicted octanol–water partition coefficient (Wildman–Crippen LogP) is 2.68. The molecule has 1 aromatic rings.